The highest BCUT2D eigenvalue weighted by molar-refractivity contribution is 6.34. The van der Waals surface area contributed by atoms with Crippen molar-refractivity contribution in [2.75, 3.05) is 0 Å². The third-order valence-electron chi connectivity index (χ3n) is 6.25. The fraction of sp³-hybridized carbons (Fsp3) is 0.259. The first-order valence-corrected chi connectivity index (χ1v) is 11.5. The first-order chi connectivity index (χ1) is 16.9. The lowest BCUT2D eigenvalue weighted by Crippen LogP contribution is -2.53. The van der Waals surface area contributed by atoms with E-state index in [9.17, 15) is 9.59 Å². The van der Waals surface area contributed by atoms with E-state index in [1.807, 2.05) is 20.8 Å². The molecule has 36 heavy (non-hydrogen) atoms. The average molecular weight is 515 g/mol. The minimum atomic E-state index is -1.37. The summed E-state index contributed by atoms with van der Waals surface area (Å²) in [5.41, 5.74) is 9.38. The highest BCUT2D eigenvalue weighted by Gasteiger charge is 2.55. The van der Waals surface area contributed by atoms with Crippen LogP contribution in [-0.4, -0.2) is 18.1 Å². The minimum absolute atomic E-state index is 0.00341. The van der Waals surface area contributed by atoms with Crippen molar-refractivity contribution in [3.8, 4) is 16.9 Å². The molecule has 1 aliphatic rings. The van der Waals surface area contributed by atoms with Crippen LogP contribution >= 0.6 is 11.6 Å². The van der Waals surface area contributed by atoms with E-state index in [1.54, 1.807) is 30.3 Å². The molecule has 0 aliphatic carbocycles. The SMILES string of the molecule is CC(C)(C)C(OC(N)=O)C1(c2ccccc2)Cc2c(cc(F)c(Cl)c2-c2c(F)cccc2C(N)=O)O1. The van der Waals surface area contributed by atoms with Gasteiger partial charge in [-0.25, -0.2) is 13.6 Å². The van der Waals surface area contributed by atoms with Gasteiger partial charge in [0.15, 0.2) is 11.7 Å². The number of halogens is 3. The van der Waals surface area contributed by atoms with Gasteiger partial charge in [-0.2, -0.15) is 0 Å². The summed E-state index contributed by atoms with van der Waals surface area (Å²) in [6.45, 7) is 5.52. The van der Waals surface area contributed by atoms with E-state index in [-0.39, 0.29) is 28.9 Å². The minimum Gasteiger partial charge on any atom is -0.478 e. The summed E-state index contributed by atoms with van der Waals surface area (Å²) in [6.07, 6.45) is -1.97. The van der Waals surface area contributed by atoms with E-state index in [1.165, 1.54) is 12.1 Å². The van der Waals surface area contributed by atoms with Crippen molar-refractivity contribution in [3.63, 3.8) is 0 Å². The molecule has 9 heteroatoms. The number of primary amides is 2. The Morgan fingerprint density at radius 2 is 1.69 bits per heavy atom. The summed E-state index contributed by atoms with van der Waals surface area (Å²) in [4.78, 5) is 24.2. The van der Waals surface area contributed by atoms with Gasteiger partial charge in [-0.15, -0.1) is 0 Å². The highest BCUT2D eigenvalue weighted by Crippen LogP contribution is 2.53. The first kappa shape index (κ1) is 25.4. The molecule has 2 unspecified atom stereocenters. The Balaban J connectivity index is 2.04. The van der Waals surface area contributed by atoms with Crippen LogP contribution in [-0.2, 0) is 16.8 Å². The van der Waals surface area contributed by atoms with Gasteiger partial charge in [0.25, 0.3) is 0 Å². The van der Waals surface area contributed by atoms with Crippen molar-refractivity contribution in [1.29, 1.82) is 0 Å². The maximum absolute atomic E-state index is 15.2. The molecule has 0 radical (unpaired) electrons. The second kappa shape index (κ2) is 9.09. The van der Waals surface area contributed by atoms with E-state index in [0.717, 1.165) is 12.1 Å². The summed E-state index contributed by atoms with van der Waals surface area (Å²) in [5, 5.41) is -0.392. The molecule has 2 amide bonds. The zero-order valence-electron chi connectivity index (χ0n) is 19.9. The van der Waals surface area contributed by atoms with Crippen molar-refractivity contribution >= 4 is 23.6 Å². The van der Waals surface area contributed by atoms with E-state index >= 15 is 8.78 Å². The largest absolute Gasteiger partial charge is 0.478 e. The summed E-state index contributed by atoms with van der Waals surface area (Å²) in [7, 11) is 0. The van der Waals surface area contributed by atoms with Gasteiger partial charge in [0, 0.05) is 40.2 Å². The monoisotopic (exact) mass is 514 g/mol. The lowest BCUT2D eigenvalue weighted by atomic mass is 9.72. The molecule has 0 fully saturated rings. The van der Waals surface area contributed by atoms with Gasteiger partial charge in [0.1, 0.15) is 17.4 Å². The maximum atomic E-state index is 15.2. The molecule has 0 spiro atoms. The topological polar surface area (TPSA) is 105 Å². The quantitative estimate of drug-likeness (QED) is 0.454. The standard InChI is InChI=1S/C27H25ClF2N2O4/c1-26(2,3)24(35-25(32)34)27(14-8-5-4-6-9-14)13-16-19(36-27)12-18(30)22(28)21(16)20-15(23(31)33)10-7-11-17(20)29/h4-12,24H,13H2,1-3H3,(H2,31,33)(H2,32,34). The number of benzene rings is 3. The van der Waals surface area contributed by atoms with Crippen LogP contribution in [0.2, 0.25) is 5.02 Å². The summed E-state index contributed by atoms with van der Waals surface area (Å²) >= 11 is 6.40. The van der Waals surface area contributed by atoms with Crippen molar-refractivity contribution in [3.05, 3.63) is 87.9 Å². The molecule has 1 aliphatic heterocycles. The Kier molecular flexibility index (Phi) is 6.43. The molecule has 3 aromatic rings. The Hall–Kier alpha value is -3.65. The van der Waals surface area contributed by atoms with Gasteiger partial charge in [-0.1, -0.05) is 68.8 Å². The Labute approximate surface area is 212 Å². The van der Waals surface area contributed by atoms with Crippen LogP contribution in [0.4, 0.5) is 13.6 Å². The predicted molar refractivity (Wildman–Crippen MR) is 132 cm³/mol. The van der Waals surface area contributed by atoms with E-state index < -0.39 is 45.8 Å². The number of carbonyl (C=O) groups excluding carboxylic acids is 2. The second-order valence-electron chi connectivity index (χ2n) is 9.77. The second-order valence-corrected chi connectivity index (χ2v) is 10.1. The third-order valence-corrected chi connectivity index (χ3v) is 6.62. The van der Waals surface area contributed by atoms with Crippen molar-refractivity contribution in [2.24, 2.45) is 16.9 Å². The molecule has 4 rings (SSSR count). The number of hydrogen-bond donors (Lipinski definition) is 2. The summed E-state index contributed by atoms with van der Waals surface area (Å²) in [6, 6.07) is 13.8. The number of hydrogen-bond acceptors (Lipinski definition) is 4. The van der Waals surface area contributed by atoms with E-state index in [4.69, 9.17) is 32.5 Å². The molecule has 6 nitrogen and oxygen atoms in total. The van der Waals surface area contributed by atoms with Gasteiger partial charge < -0.3 is 20.9 Å². The number of fused-ring (bicyclic) bond motifs is 1. The zero-order valence-corrected chi connectivity index (χ0v) is 20.7. The van der Waals surface area contributed by atoms with Crippen LogP contribution in [0.1, 0.15) is 42.3 Å². The van der Waals surface area contributed by atoms with Gasteiger partial charge in [0.05, 0.1) is 5.02 Å². The van der Waals surface area contributed by atoms with Crippen LogP contribution < -0.4 is 16.2 Å². The number of ether oxygens (including phenoxy) is 2. The highest BCUT2D eigenvalue weighted by atomic mass is 35.5. The Morgan fingerprint density at radius 1 is 1.03 bits per heavy atom. The van der Waals surface area contributed by atoms with E-state index in [0.29, 0.717) is 11.1 Å². The average Bonchev–Trinajstić information content (AvgIpc) is 3.18. The molecule has 4 N–H and O–H groups in total. The molecule has 188 valence electrons. The predicted octanol–water partition coefficient (Wildman–Crippen LogP) is 5.72. The maximum Gasteiger partial charge on any atom is 0.404 e. The molecular formula is C27H25ClF2N2O4. The van der Waals surface area contributed by atoms with Crippen molar-refractivity contribution < 1.29 is 27.8 Å². The molecule has 0 saturated carbocycles. The summed E-state index contributed by atoms with van der Waals surface area (Å²) in [5.74, 6) is -2.52. The van der Waals surface area contributed by atoms with Crippen LogP contribution in [0.3, 0.4) is 0 Å². The lowest BCUT2D eigenvalue weighted by Gasteiger charge is -2.43. The molecule has 0 saturated heterocycles. The van der Waals surface area contributed by atoms with Gasteiger partial charge in [0.2, 0.25) is 5.91 Å². The molecule has 0 bridgehead atoms. The smallest absolute Gasteiger partial charge is 0.404 e. The normalized spacial score (nSPS) is 17.7. The van der Waals surface area contributed by atoms with Crippen LogP contribution in [0.25, 0.3) is 11.1 Å². The fourth-order valence-electron chi connectivity index (χ4n) is 4.91. The van der Waals surface area contributed by atoms with Crippen LogP contribution in [0.5, 0.6) is 5.75 Å². The Bertz CT molecular complexity index is 1360. The van der Waals surface area contributed by atoms with Gasteiger partial charge in [-0.05, 0) is 17.7 Å². The summed E-state index contributed by atoms with van der Waals surface area (Å²) < 4.78 is 42.4. The Morgan fingerprint density at radius 3 is 2.28 bits per heavy atom. The number of carbonyl (C=O) groups is 2. The molecule has 3 aromatic carbocycles. The van der Waals surface area contributed by atoms with Crippen molar-refractivity contribution in [1.82, 2.24) is 0 Å². The van der Waals surface area contributed by atoms with E-state index in [2.05, 4.69) is 0 Å². The zero-order chi connectivity index (χ0) is 26.4. The van der Waals surface area contributed by atoms with Gasteiger partial charge >= 0.3 is 6.09 Å². The number of rotatable bonds is 5. The molecular weight excluding hydrogens is 490 g/mol. The first-order valence-electron chi connectivity index (χ1n) is 11.2. The third kappa shape index (κ3) is 4.26. The number of amides is 2. The fourth-order valence-corrected chi connectivity index (χ4v) is 5.18. The van der Waals surface area contributed by atoms with Crippen LogP contribution in [0, 0.1) is 17.0 Å². The number of nitrogens with two attached hydrogens (primary N) is 2. The van der Waals surface area contributed by atoms with Gasteiger partial charge in [-0.3, -0.25) is 4.79 Å². The lowest BCUT2D eigenvalue weighted by molar-refractivity contribution is -0.101. The molecule has 0 aromatic heterocycles. The molecule has 1 heterocycles. The van der Waals surface area contributed by atoms with Crippen LogP contribution in [0.15, 0.2) is 54.6 Å². The molecule has 2 atom stereocenters. The van der Waals surface area contributed by atoms with Crippen molar-refractivity contribution in [2.45, 2.75) is 38.9 Å².